The number of azo groups is 1. The Morgan fingerprint density at radius 3 is 1.88 bits per heavy atom. The number of nitrogens with zero attached hydrogens (tertiary/aromatic N) is 2. The van der Waals surface area contributed by atoms with E-state index in [-0.39, 0.29) is 17.1 Å². The highest BCUT2D eigenvalue weighted by Gasteiger charge is 2.07. The van der Waals surface area contributed by atoms with Gasteiger partial charge in [0, 0.05) is 6.42 Å². The highest BCUT2D eigenvalue weighted by molar-refractivity contribution is 5.72. The third-order valence-electron chi connectivity index (χ3n) is 5.35. The first-order chi connectivity index (χ1) is 16.6. The summed E-state index contributed by atoms with van der Waals surface area (Å²) in [5, 5.41) is 8.37. The minimum absolute atomic E-state index is 0.0137. The van der Waals surface area contributed by atoms with Crippen molar-refractivity contribution in [3.63, 3.8) is 0 Å². The molecule has 2 aromatic carbocycles. The molecule has 0 bridgehead atoms. The SMILES string of the molecule is CCCCCCCCCCCC(=O)Oc1ccc(N=Nc2ccc(OCCC)cc2)ccc1=O. The number of carbonyl (C=O) groups is 1. The first-order valence-corrected chi connectivity index (χ1v) is 12.6. The zero-order chi connectivity index (χ0) is 24.4. The van der Waals surface area contributed by atoms with E-state index in [1.807, 2.05) is 24.3 Å². The van der Waals surface area contributed by atoms with Gasteiger partial charge in [-0.05, 0) is 61.4 Å². The van der Waals surface area contributed by atoms with E-state index in [0.717, 1.165) is 31.4 Å². The van der Waals surface area contributed by atoms with Crippen molar-refractivity contribution >= 4 is 17.3 Å². The van der Waals surface area contributed by atoms with Crippen LogP contribution in [0.4, 0.5) is 11.4 Å². The summed E-state index contributed by atoms with van der Waals surface area (Å²) in [5.41, 5.74) is 0.800. The van der Waals surface area contributed by atoms with Gasteiger partial charge in [-0.3, -0.25) is 9.59 Å². The van der Waals surface area contributed by atoms with Gasteiger partial charge in [-0.2, -0.15) is 10.2 Å². The van der Waals surface area contributed by atoms with Crippen molar-refractivity contribution in [3.8, 4) is 11.5 Å². The second kappa shape index (κ2) is 16.6. The van der Waals surface area contributed by atoms with Gasteiger partial charge < -0.3 is 9.47 Å². The Hall–Kier alpha value is -3.02. The molecule has 0 N–H and O–H groups in total. The van der Waals surface area contributed by atoms with E-state index < -0.39 is 0 Å². The molecule has 6 heteroatoms. The van der Waals surface area contributed by atoms with Crippen LogP contribution in [0.2, 0.25) is 0 Å². The van der Waals surface area contributed by atoms with Gasteiger partial charge in [-0.25, -0.2) is 0 Å². The molecule has 0 aliphatic carbocycles. The zero-order valence-electron chi connectivity index (χ0n) is 20.6. The number of esters is 1. The van der Waals surface area contributed by atoms with Gasteiger partial charge in [-0.1, -0.05) is 65.2 Å². The Morgan fingerprint density at radius 2 is 1.26 bits per heavy atom. The summed E-state index contributed by atoms with van der Waals surface area (Å²) in [6.45, 7) is 4.95. The van der Waals surface area contributed by atoms with E-state index in [9.17, 15) is 9.59 Å². The number of rotatable bonds is 16. The number of hydrogen-bond acceptors (Lipinski definition) is 6. The normalized spacial score (nSPS) is 11.0. The molecular weight excluding hydrogens is 428 g/mol. The average molecular weight is 467 g/mol. The van der Waals surface area contributed by atoms with Crippen molar-refractivity contribution in [3.05, 3.63) is 58.8 Å². The number of unbranched alkanes of at least 4 members (excludes halogenated alkanes) is 8. The number of carbonyl (C=O) groups excluding carboxylic acids is 1. The standard InChI is InChI=1S/C28H38N2O4/c1-3-5-6-7-8-9-10-11-12-13-28(32)34-27-21-17-24(16-20-26(27)31)30-29-23-14-18-25(19-15-23)33-22-4-2/h14-21H,3-13,22H2,1-2H3. The summed E-state index contributed by atoms with van der Waals surface area (Å²) in [6, 6.07) is 13.3. The van der Waals surface area contributed by atoms with Crippen LogP contribution in [0.15, 0.2) is 63.6 Å². The van der Waals surface area contributed by atoms with Crippen LogP contribution in [0, 0.1) is 0 Å². The summed E-state index contributed by atoms with van der Waals surface area (Å²) >= 11 is 0. The molecule has 0 spiro atoms. The molecule has 0 saturated carbocycles. The number of ether oxygens (including phenoxy) is 2. The summed E-state index contributed by atoms with van der Waals surface area (Å²) < 4.78 is 10.9. The van der Waals surface area contributed by atoms with Crippen molar-refractivity contribution in [2.24, 2.45) is 10.2 Å². The second-order valence-electron chi connectivity index (χ2n) is 8.41. The van der Waals surface area contributed by atoms with Crippen molar-refractivity contribution in [1.29, 1.82) is 0 Å². The largest absolute Gasteiger partial charge is 0.494 e. The van der Waals surface area contributed by atoms with Crippen LogP contribution in [-0.2, 0) is 4.79 Å². The van der Waals surface area contributed by atoms with Gasteiger partial charge in [0.05, 0.1) is 18.0 Å². The quantitative estimate of drug-likeness (QED) is 0.142. The highest BCUT2D eigenvalue weighted by atomic mass is 16.5. The maximum atomic E-state index is 12.3. The zero-order valence-corrected chi connectivity index (χ0v) is 20.6. The van der Waals surface area contributed by atoms with E-state index in [0.29, 0.717) is 24.4 Å². The lowest BCUT2D eigenvalue weighted by atomic mass is 10.1. The number of benzene rings is 1. The predicted molar refractivity (Wildman–Crippen MR) is 137 cm³/mol. The fourth-order valence-electron chi connectivity index (χ4n) is 3.39. The minimum Gasteiger partial charge on any atom is -0.494 e. The second-order valence-corrected chi connectivity index (χ2v) is 8.41. The molecule has 0 amide bonds. The fourth-order valence-corrected chi connectivity index (χ4v) is 3.39. The Balaban J connectivity index is 1.78. The molecule has 0 saturated heterocycles. The van der Waals surface area contributed by atoms with Gasteiger partial charge in [0.15, 0.2) is 5.75 Å². The predicted octanol–water partition coefficient (Wildman–Crippen LogP) is 8.08. The first kappa shape index (κ1) is 27.2. The Labute approximate surface area is 203 Å². The summed E-state index contributed by atoms with van der Waals surface area (Å²) in [6.07, 6.45) is 11.9. The van der Waals surface area contributed by atoms with Crippen molar-refractivity contribution in [2.45, 2.75) is 84.5 Å². The molecule has 0 aliphatic rings. The van der Waals surface area contributed by atoms with Crippen molar-refractivity contribution in [1.82, 2.24) is 0 Å². The van der Waals surface area contributed by atoms with E-state index in [2.05, 4.69) is 24.1 Å². The smallest absolute Gasteiger partial charge is 0.311 e. The Bertz CT molecular complexity index is 942. The molecule has 0 aliphatic heterocycles. The maximum absolute atomic E-state index is 12.3. The van der Waals surface area contributed by atoms with Crippen LogP contribution >= 0.6 is 0 Å². The molecule has 0 unspecified atom stereocenters. The van der Waals surface area contributed by atoms with Crippen LogP contribution in [0.1, 0.15) is 84.5 Å². The molecule has 6 nitrogen and oxygen atoms in total. The molecule has 0 atom stereocenters. The lowest BCUT2D eigenvalue weighted by Crippen LogP contribution is -2.12. The minimum atomic E-state index is -0.375. The van der Waals surface area contributed by atoms with Crippen LogP contribution < -0.4 is 14.9 Å². The summed E-state index contributed by atoms with van der Waals surface area (Å²) in [7, 11) is 0. The van der Waals surface area contributed by atoms with Gasteiger partial charge in [-0.15, -0.1) is 0 Å². The van der Waals surface area contributed by atoms with Gasteiger partial charge >= 0.3 is 5.97 Å². The van der Waals surface area contributed by atoms with E-state index >= 15 is 0 Å². The maximum Gasteiger partial charge on any atom is 0.311 e. The Morgan fingerprint density at radius 1 is 0.706 bits per heavy atom. The molecule has 184 valence electrons. The van der Waals surface area contributed by atoms with Crippen LogP contribution in [-0.4, -0.2) is 12.6 Å². The summed E-state index contributed by atoms with van der Waals surface area (Å²) in [5.74, 6) is 0.427. The molecule has 0 aromatic heterocycles. The van der Waals surface area contributed by atoms with E-state index in [1.165, 1.54) is 50.7 Å². The molecule has 0 radical (unpaired) electrons. The van der Waals surface area contributed by atoms with Crippen LogP contribution in [0.5, 0.6) is 11.5 Å². The van der Waals surface area contributed by atoms with Gasteiger partial charge in [0.1, 0.15) is 5.75 Å². The molecular formula is C28H38N2O4. The molecule has 0 heterocycles. The molecule has 34 heavy (non-hydrogen) atoms. The van der Waals surface area contributed by atoms with Crippen LogP contribution in [0.25, 0.3) is 0 Å². The number of hydrogen-bond donors (Lipinski definition) is 0. The topological polar surface area (TPSA) is 77.3 Å². The molecule has 2 rings (SSSR count). The monoisotopic (exact) mass is 466 g/mol. The van der Waals surface area contributed by atoms with E-state index in [1.54, 1.807) is 12.1 Å². The molecule has 2 aromatic rings. The van der Waals surface area contributed by atoms with Crippen molar-refractivity contribution < 1.29 is 14.3 Å². The highest BCUT2D eigenvalue weighted by Crippen LogP contribution is 2.21. The Kier molecular flexibility index (Phi) is 13.3. The van der Waals surface area contributed by atoms with E-state index in [4.69, 9.17) is 9.47 Å². The third-order valence-corrected chi connectivity index (χ3v) is 5.35. The fraction of sp³-hybridized carbons (Fsp3) is 0.500. The average Bonchev–Trinajstić information content (AvgIpc) is 3.02. The first-order valence-electron chi connectivity index (χ1n) is 12.6. The van der Waals surface area contributed by atoms with Gasteiger partial charge in [0.25, 0.3) is 0 Å². The van der Waals surface area contributed by atoms with Crippen LogP contribution in [0.3, 0.4) is 0 Å². The van der Waals surface area contributed by atoms with Gasteiger partial charge in [0.2, 0.25) is 5.43 Å². The lowest BCUT2D eigenvalue weighted by Gasteiger charge is -2.03. The molecule has 0 fully saturated rings. The lowest BCUT2D eigenvalue weighted by molar-refractivity contribution is -0.134. The summed E-state index contributed by atoms with van der Waals surface area (Å²) in [4.78, 5) is 24.4. The van der Waals surface area contributed by atoms with Crippen molar-refractivity contribution in [2.75, 3.05) is 6.61 Å². The third kappa shape index (κ3) is 11.2.